The first-order chi connectivity index (χ1) is 12.6. The van der Waals surface area contributed by atoms with Gasteiger partial charge in [-0.05, 0) is 29.2 Å². The fourth-order valence-corrected chi connectivity index (χ4v) is 3.63. The quantitative estimate of drug-likeness (QED) is 0.773. The van der Waals surface area contributed by atoms with Crippen LogP contribution in [0.2, 0.25) is 0 Å². The molecule has 2 heterocycles. The zero-order chi connectivity index (χ0) is 18.1. The number of fused-ring (bicyclic) bond motifs is 1. The molecule has 1 unspecified atom stereocenters. The van der Waals surface area contributed by atoms with Gasteiger partial charge in [0.15, 0.2) is 0 Å². The molecule has 0 aliphatic carbocycles. The molecule has 3 aromatic rings. The summed E-state index contributed by atoms with van der Waals surface area (Å²) in [6.45, 7) is 0.660. The standard InChI is InChI=1S/C20H20N4O2/c1-23-13-11-21-18(19(23)25)22-20(26)24-12-5-10-17(24)16-9-4-7-14-6-2-3-8-15(14)16/h2-4,6-9,11,13,17H,5,10,12H2,1H3,(H,21,22,26). The summed E-state index contributed by atoms with van der Waals surface area (Å²) in [6, 6.07) is 14.1. The Morgan fingerprint density at radius 2 is 2.00 bits per heavy atom. The van der Waals surface area contributed by atoms with E-state index >= 15 is 0 Å². The van der Waals surface area contributed by atoms with Crippen molar-refractivity contribution in [3.8, 4) is 0 Å². The predicted octanol–water partition coefficient (Wildman–Crippen LogP) is 3.30. The van der Waals surface area contributed by atoms with Crippen LogP contribution in [0, 0.1) is 0 Å². The van der Waals surface area contributed by atoms with Crippen LogP contribution in [0.5, 0.6) is 0 Å². The highest BCUT2D eigenvalue weighted by atomic mass is 16.2. The van der Waals surface area contributed by atoms with Crippen molar-refractivity contribution >= 4 is 22.6 Å². The molecule has 4 rings (SSSR count). The molecule has 2 aromatic carbocycles. The van der Waals surface area contributed by atoms with E-state index in [4.69, 9.17) is 0 Å². The minimum absolute atomic E-state index is 0.00587. The number of hydrogen-bond donors (Lipinski definition) is 1. The monoisotopic (exact) mass is 348 g/mol. The van der Waals surface area contributed by atoms with E-state index in [0.717, 1.165) is 29.2 Å². The second-order valence-corrected chi connectivity index (χ2v) is 6.54. The summed E-state index contributed by atoms with van der Waals surface area (Å²) in [5.41, 5.74) is 0.825. The molecule has 0 bridgehead atoms. The molecule has 1 aromatic heterocycles. The van der Waals surface area contributed by atoms with Gasteiger partial charge in [-0.15, -0.1) is 0 Å². The molecule has 6 nitrogen and oxygen atoms in total. The summed E-state index contributed by atoms with van der Waals surface area (Å²) in [6.07, 6.45) is 4.90. The van der Waals surface area contributed by atoms with Crippen molar-refractivity contribution in [3.63, 3.8) is 0 Å². The number of urea groups is 1. The van der Waals surface area contributed by atoms with Crippen molar-refractivity contribution in [2.75, 3.05) is 11.9 Å². The molecular formula is C20H20N4O2. The van der Waals surface area contributed by atoms with Gasteiger partial charge in [0.05, 0.1) is 6.04 Å². The minimum Gasteiger partial charge on any atom is -0.317 e. The molecule has 0 spiro atoms. The number of aryl methyl sites for hydroxylation is 1. The van der Waals surface area contributed by atoms with E-state index in [0.29, 0.717) is 6.54 Å². The highest BCUT2D eigenvalue weighted by Crippen LogP contribution is 2.36. The van der Waals surface area contributed by atoms with Crippen LogP contribution < -0.4 is 10.9 Å². The van der Waals surface area contributed by atoms with Crippen molar-refractivity contribution in [1.29, 1.82) is 0 Å². The van der Waals surface area contributed by atoms with Crippen LogP contribution in [0.15, 0.2) is 59.7 Å². The highest BCUT2D eigenvalue weighted by molar-refractivity contribution is 5.90. The summed E-state index contributed by atoms with van der Waals surface area (Å²) < 4.78 is 1.40. The fourth-order valence-electron chi connectivity index (χ4n) is 3.63. The lowest BCUT2D eigenvalue weighted by molar-refractivity contribution is 0.207. The number of carbonyl (C=O) groups is 1. The third kappa shape index (κ3) is 2.83. The molecule has 1 fully saturated rings. The lowest BCUT2D eigenvalue weighted by Gasteiger charge is -2.26. The Kier molecular flexibility index (Phi) is 4.16. The van der Waals surface area contributed by atoms with Crippen LogP contribution in [0.3, 0.4) is 0 Å². The van der Waals surface area contributed by atoms with Gasteiger partial charge in [0.25, 0.3) is 5.56 Å². The summed E-state index contributed by atoms with van der Waals surface area (Å²) in [5, 5.41) is 5.01. The van der Waals surface area contributed by atoms with E-state index in [2.05, 4.69) is 34.6 Å². The first-order valence-electron chi connectivity index (χ1n) is 8.72. The summed E-state index contributed by atoms with van der Waals surface area (Å²) in [4.78, 5) is 30.7. The molecule has 1 atom stereocenters. The van der Waals surface area contributed by atoms with Crippen LogP contribution in [0.4, 0.5) is 10.6 Å². The van der Waals surface area contributed by atoms with E-state index < -0.39 is 0 Å². The SMILES string of the molecule is Cn1ccnc(NC(=O)N2CCCC2c2cccc3ccccc23)c1=O. The number of nitrogens with zero attached hydrogens (tertiary/aromatic N) is 3. The van der Waals surface area contributed by atoms with E-state index in [1.54, 1.807) is 18.1 Å². The van der Waals surface area contributed by atoms with E-state index in [1.807, 2.05) is 18.2 Å². The molecule has 1 aliphatic rings. The van der Waals surface area contributed by atoms with Gasteiger partial charge in [0, 0.05) is 26.0 Å². The van der Waals surface area contributed by atoms with Crippen molar-refractivity contribution in [3.05, 3.63) is 70.8 Å². The maximum Gasteiger partial charge on any atom is 0.323 e. The second-order valence-electron chi connectivity index (χ2n) is 6.54. The maximum absolute atomic E-state index is 12.8. The van der Waals surface area contributed by atoms with Crippen molar-refractivity contribution in [2.24, 2.45) is 7.05 Å². The number of amides is 2. The average Bonchev–Trinajstić information content (AvgIpc) is 3.15. The number of anilines is 1. The number of likely N-dealkylation sites (tertiary alicyclic amines) is 1. The molecule has 26 heavy (non-hydrogen) atoms. The van der Waals surface area contributed by atoms with E-state index in [-0.39, 0.29) is 23.5 Å². The van der Waals surface area contributed by atoms with Gasteiger partial charge in [0.1, 0.15) is 0 Å². The van der Waals surface area contributed by atoms with Crippen molar-refractivity contribution in [1.82, 2.24) is 14.5 Å². The number of hydrogen-bond acceptors (Lipinski definition) is 3. The number of rotatable bonds is 2. The third-order valence-electron chi connectivity index (χ3n) is 4.94. The molecule has 1 aliphatic heterocycles. The van der Waals surface area contributed by atoms with Gasteiger partial charge in [-0.1, -0.05) is 42.5 Å². The Balaban J connectivity index is 1.65. The molecule has 1 N–H and O–H groups in total. The Hall–Kier alpha value is -3.15. The molecule has 0 saturated carbocycles. The Bertz CT molecular complexity index is 1020. The first-order valence-corrected chi connectivity index (χ1v) is 8.72. The first kappa shape index (κ1) is 16.3. The number of aromatic nitrogens is 2. The van der Waals surface area contributed by atoms with Crippen molar-refractivity contribution in [2.45, 2.75) is 18.9 Å². The van der Waals surface area contributed by atoms with Crippen LogP contribution in [0.25, 0.3) is 10.8 Å². The molecular weight excluding hydrogens is 328 g/mol. The minimum atomic E-state index is -0.318. The second kappa shape index (κ2) is 6.63. The maximum atomic E-state index is 12.8. The molecule has 132 valence electrons. The summed E-state index contributed by atoms with van der Waals surface area (Å²) in [7, 11) is 1.63. The Morgan fingerprint density at radius 1 is 1.19 bits per heavy atom. The zero-order valence-electron chi connectivity index (χ0n) is 14.6. The number of benzene rings is 2. The van der Waals surface area contributed by atoms with E-state index in [9.17, 15) is 9.59 Å². The molecule has 1 saturated heterocycles. The third-order valence-corrected chi connectivity index (χ3v) is 4.94. The fraction of sp³-hybridized carbons (Fsp3) is 0.250. The largest absolute Gasteiger partial charge is 0.323 e. The van der Waals surface area contributed by atoms with E-state index in [1.165, 1.54) is 10.8 Å². The summed E-state index contributed by atoms with van der Waals surface area (Å²) >= 11 is 0. The average molecular weight is 348 g/mol. The Morgan fingerprint density at radius 3 is 2.88 bits per heavy atom. The normalized spacial score (nSPS) is 16.8. The molecule has 2 amide bonds. The molecule has 0 radical (unpaired) electrons. The van der Waals surface area contributed by atoms with Gasteiger partial charge >= 0.3 is 6.03 Å². The van der Waals surface area contributed by atoms with Gasteiger partial charge in [-0.25, -0.2) is 9.78 Å². The van der Waals surface area contributed by atoms with Crippen LogP contribution >= 0.6 is 0 Å². The highest BCUT2D eigenvalue weighted by Gasteiger charge is 2.31. The van der Waals surface area contributed by atoms with Gasteiger partial charge in [-0.3, -0.25) is 10.1 Å². The van der Waals surface area contributed by atoms with Crippen LogP contribution in [0.1, 0.15) is 24.4 Å². The predicted molar refractivity (Wildman–Crippen MR) is 101 cm³/mol. The van der Waals surface area contributed by atoms with Crippen molar-refractivity contribution < 1.29 is 4.79 Å². The van der Waals surface area contributed by atoms with Gasteiger partial charge in [0.2, 0.25) is 5.82 Å². The van der Waals surface area contributed by atoms with Gasteiger partial charge in [-0.2, -0.15) is 0 Å². The topological polar surface area (TPSA) is 67.2 Å². The lowest BCUT2D eigenvalue weighted by atomic mass is 9.97. The Labute approximate surface area is 151 Å². The van der Waals surface area contributed by atoms with Crippen LogP contribution in [-0.2, 0) is 7.05 Å². The number of carbonyl (C=O) groups excluding carboxylic acids is 1. The lowest BCUT2D eigenvalue weighted by Crippen LogP contribution is -2.37. The molecule has 6 heteroatoms. The smallest absolute Gasteiger partial charge is 0.317 e. The number of nitrogens with one attached hydrogen (secondary N) is 1. The van der Waals surface area contributed by atoms with Gasteiger partial charge < -0.3 is 9.47 Å². The summed E-state index contributed by atoms with van der Waals surface area (Å²) in [5.74, 6) is 0.0589. The van der Waals surface area contributed by atoms with Crippen LogP contribution in [-0.4, -0.2) is 27.0 Å². The zero-order valence-corrected chi connectivity index (χ0v) is 14.6.